The average Bonchev–Trinajstić information content (AvgIpc) is 3.10. The summed E-state index contributed by atoms with van der Waals surface area (Å²) < 4.78 is 6.72. The van der Waals surface area contributed by atoms with E-state index in [1.165, 1.54) is 13.3 Å². The maximum atomic E-state index is 11.4. The normalized spacial score (nSPS) is 32.2. The zero-order valence-electron chi connectivity index (χ0n) is 13.2. The minimum Gasteiger partial charge on any atom is -0.465 e. The first-order chi connectivity index (χ1) is 11.8. The molecule has 12 heteroatoms. The number of aliphatic hydroxyl groups is 3. The number of aliphatic hydroxyl groups excluding tert-OH is 2. The molecule has 1 saturated heterocycles. The van der Waals surface area contributed by atoms with Crippen LogP contribution in [0.5, 0.6) is 0 Å². The molecule has 0 aliphatic carbocycles. The number of nitrogen functional groups attached to an aromatic ring is 1. The monoisotopic (exact) mass is 354 g/mol. The van der Waals surface area contributed by atoms with Crippen molar-refractivity contribution in [2.45, 2.75) is 37.0 Å². The Hall–Kier alpha value is -2.54. The Balaban J connectivity index is 2.30. The molecule has 1 amide bonds. The fourth-order valence-electron chi connectivity index (χ4n) is 3.17. The van der Waals surface area contributed by atoms with Gasteiger partial charge in [-0.3, -0.25) is 9.88 Å². The van der Waals surface area contributed by atoms with Gasteiger partial charge >= 0.3 is 6.09 Å². The van der Waals surface area contributed by atoms with Gasteiger partial charge in [-0.05, 0) is 6.42 Å². The summed E-state index contributed by atoms with van der Waals surface area (Å²) in [6.45, 7) is 0.892. The molecule has 1 aliphatic rings. The highest BCUT2D eigenvalue weighted by Crippen LogP contribution is 2.45. The maximum Gasteiger partial charge on any atom is 0.408 e. The van der Waals surface area contributed by atoms with Crippen LogP contribution in [-0.2, 0) is 10.6 Å². The van der Waals surface area contributed by atoms with E-state index >= 15 is 0 Å². The number of nitrogens with two attached hydrogens (primary N) is 1. The van der Waals surface area contributed by atoms with Crippen molar-refractivity contribution in [3.8, 4) is 0 Å². The van der Waals surface area contributed by atoms with Crippen LogP contribution in [0.3, 0.4) is 0 Å². The molecule has 1 aliphatic heterocycles. The number of aromatic nitrogens is 4. The zero-order valence-corrected chi connectivity index (χ0v) is 13.2. The molecule has 12 nitrogen and oxygen atoms in total. The van der Waals surface area contributed by atoms with E-state index in [2.05, 4.69) is 20.3 Å². The molecule has 0 unspecified atom stereocenters. The molecule has 136 valence electrons. The second-order valence-corrected chi connectivity index (χ2v) is 5.68. The molecule has 4 atom stereocenters. The molecule has 0 bridgehead atoms. The number of nitrogens with zero attached hydrogens (tertiary/aromatic N) is 4. The number of fused-ring (bicyclic) bond motifs is 1. The van der Waals surface area contributed by atoms with E-state index in [1.807, 2.05) is 0 Å². The quantitative estimate of drug-likeness (QED) is 0.364. The van der Waals surface area contributed by atoms with E-state index < -0.39 is 36.4 Å². The smallest absolute Gasteiger partial charge is 0.408 e. The third-order valence-electron chi connectivity index (χ3n) is 4.45. The Morgan fingerprint density at radius 2 is 2.20 bits per heavy atom. The predicted molar refractivity (Wildman–Crippen MR) is 82.1 cm³/mol. The lowest BCUT2D eigenvalue weighted by atomic mass is 9.87. The van der Waals surface area contributed by atoms with Gasteiger partial charge in [-0.25, -0.2) is 19.7 Å². The van der Waals surface area contributed by atoms with Crippen molar-refractivity contribution >= 4 is 23.1 Å². The Labute approximate surface area is 140 Å². The molecular weight excluding hydrogens is 336 g/mol. The first-order valence-corrected chi connectivity index (χ1v) is 7.45. The van der Waals surface area contributed by atoms with E-state index in [9.17, 15) is 25.2 Å². The molecule has 0 radical (unpaired) electrons. The highest BCUT2D eigenvalue weighted by molar-refractivity contribution is 5.81. The molecule has 25 heavy (non-hydrogen) atoms. The Kier molecular flexibility index (Phi) is 3.99. The number of imidazole rings is 1. The minimum atomic E-state index is -2.18. The number of hydrogen-bond acceptors (Lipinski definition) is 9. The largest absolute Gasteiger partial charge is 0.465 e. The first-order valence-electron chi connectivity index (χ1n) is 7.45. The van der Waals surface area contributed by atoms with Crippen LogP contribution in [-0.4, -0.2) is 70.5 Å². The van der Waals surface area contributed by atoms with Gasteiger partial charge in [0.25, 0.3) is 5.85 Å². The van der Waals surface area contributed by atoms with Crippen LogP contribution in [0.2, 0.25) is 0 Å². The third-order valence-corrected chi connectivity index (χ3v) is 4.45. The molecular formula is C13H18N6O6. The summed E-state index contributed by atoms with van der Waals surface area (Å²) in [5, 5.41) is 42.4. The van der Waals surface area contributed by atoms with Gasteiger partial charge in [0.2, 0.25) is 0 Å². The van der Waals surface area contributed by atoms with E-state index in [1.54, 1.807) is 0 Å². The lowest BCUT2D eigenvalue weighted by Gasteiger charge is -2.41. The number of ether oxygens (including phenoxy) is 1. The van der Waals surface area contributed by atoms with Crippen LogP contribution in [0.25, 0.3) is 11.2 Å². The second kappa shape index (κ2) is 5.77. The molecule has 2 aromatic heterocycles. The average molecular weight is 354 g/mol. The molecule has 3 rings (SSSR count). The van der Waals surface area contributed by atoms with Gasteiger partial charge < -0.3 is 30.9 Å². The topological polar surface area (TPSA) is 189 Å². The van der Waals surface area contributed by atoms with Gasteiger partial charge in [-0.1, -0.05) is 6.92 Å². The van der Waals surface area contributed by atoms with E-state index in [-0.39, 0.29) is 23.4 Å². The lowest BCUT2D eigenvalue weighted by molar-refractivity contribution is -0.209. The molecule has 0 aromatic carbocycles. The predicted octanol–water partition coefficient (Wildman–Crippen LogP) is -1.82. The number of carboxylic acid groups (broad SMARTS) is 1. The first kappa shape index (κ1) is 17.3. The van der Waals surface area contributed by atoms with Crippen molar-refractivity contribution in [2.24, 2.45) is 0 Å². The van der Waals surface area contributed by atoms with Gasteiger partial charge in [0.05, 0.1) is 6.61 Å². The maximum absolute atomic E-state index is 11.4. The van der Waals surface area contributed by atoms with Crippen molar-refractivity contribution < 1.29 is 30.0 Å². The highest BCUT2D eigenvalue weighted by atomic mass is 16.6. The van der Waals surface area contributed by atoms with Crippen molar-refractivity contribution in [2.75, 3.05) is 12.3 Å². The summed E-state index contributed by atoms with van der Waals surface area (Å²) in [4.78, 5) is 23.3. The standard InChI is InChI=1S/C13H18N6O6/c1-2-12(24)8(21)6(3-20)25-13(12,18-11(22)23)19-5-17-7-9(14)15-4-16-10(7)19/h4-6,8,18,20-21,24H,2-3H2,1H3,(H,22,23)(H2,14,15,16)/t6-,8-,12-,13+/m1/s1. The summed E-state index contributed by atoms with van der Waals surface area (Å²) in [6, 6.07) is 0. The summed E-state index contributed by atoms with van der Waals surface area (Å²) in [5.74, 6) is -2.14. The lowest BCUT2D eigenvalue weighted by Crippen LogP contribution is -2.65. The Morgan fingerprint density at radius 1 is 1.48 bits per heavy atom. The van der Waals surface area contributed by atoms with Gasteiger partial charge in [0.1, 0.15) is 30.4 Å². The number of rotatable bonds is 4. The summed E-state index contributed by atoms with van der Waals surface area (Å²) in [6.07, 6.45) is -2.14. The van der Waals surface area contributed by atoms with Crippen molar-refractivity contribution in [1.82, 2.24) is 24.8 Å². The van der Waals surface area contributed by atoms with Crippen LogP contribution in [0.15, 0.2) is 12.7 Å². The van der Waals surface area contributed by atoms with Crippen molar-refractivity contribution in [3.05, 3.63) is 12.7 Å². The second-order valence-electron chi connectivity index (χ2n) is 5.68. The van der Waals surface area contributed by atoms with E-state index in [0.29, 0.717) is 0 Å². The zero-order chi connectivity index (χ0) is 18.4. The molecule has 3 heterocycles. The number of amides is 1. The minimum absolute atomic E-state index is 0.0477. The summed E-state index contributed by atoms with van der Waals surface area (Å²) in [5.41, 5.74) is 3.87. The fourth-order valence-corrected chi connectivity index (χ4v) is 3.17. The van der Waals surface area contributed by atoms with Crippen molar-refractivity contribution in [1.29, 1.82) is 0 Å². The highest BCUT2D eigenvalue weighted by Gasteiger charge is 2.67. The van der Waals surface area contributed by atoms with E-state index in [0.717, 1.165) is 10.9 Å². The molecule has 2 aromatic rings. The summed E-state index contributed by atoms with van der Waals surface area (Å²) >= 11 is 0. The SMILES string of the molecule is CC[C@@]1(O)[C@H](O)[C@@H](CO)O[C@@]1(NC(=O)O)n1cnc2c(N)ncnc21. The molecule has 7 N–H and O–H groups in total. The van der Waals surface area contributed by atoms with Crippen LogP contribution in [0.1, 0.15) is 13.3 Å². The van der Waals surface area contributed by atoms with Gasteiger partial charge in [-0.2, -0.15) is 0 Å². The van der Waals surface area contributed by atoms with Crippen LogP contribution in [0.4, 0.5) is 10.6 Å². The number of nitrogens with one attached hydrogen (secondary N) is 1. The third kappa shape index (κ3) is 2.22. The number of anilines is 1. The van der Waals surface area contributed by atoms with Gasteiger partial charge in [0.15, 0.2) is 17.1 Å². The van der Waals surface area contributed by atoms with E-state index in [4.69, 9.17) is 10.5 Å². The van der Waals surface area contributed by atoms with Gasteiger partial charge in [-0.15, -0.1) is 0 Å². The van der Waals surface area contributed by atoms with Crippen molar-refractivity contribution in [3.63, 3.8) is 0 Å². The Bertz CT molecular complexity index is 813. The van der Waals surface area contributed by atoms with Crippen LogP contribution in [0, 0.1) is 0 Å². The fraction of sp³-hybridized carbons (Fsp3) is 0.538. The van der Waals surface area contributed by atoms with Crippen LogP contribution < -0.4 is 11.1 Å². The summed E-state index contributed by atoms with van der Waals surface area (Å²) in [7, 11) is 0. The molecule has 1 fully saturated rings. The van der Waals surface area contributed by atoms with Gasteiger partial charge in [0, 0.05) is 0 Å². The van der Waals surface area contributed by atoms with Crippen LogP contribution >= 0.6 is 0 Å². The Morgan fingerprint density at radius 3 is 2.80 bits per heavy atom. The molecule has 0 spiro atoms. The number of hydrogen-bond donors (Lipinski definition) is 6. The molecule has 0 saturated carbocycles. The number of carbonyl (C=O) groups is 1.